The Kier molecular flexibility index (Phi) is 5.31. The summed E-state index contributed by atoms with van der Waals surface area (Å²) in [5.74, 6) is 0.936. The van der Waals surface area contributed by atoms with E-state index in [-0.39, 0.29) is 5.91 Å². The monoisotopic (exact) mass is 454 g/mol. The van der Waals surface area contributed by atoms with Gasteiger partial charge in [-0.2, -0.15) is 0 Å². The molecule has 0 N–H and O–H groups in total. The highest BCUT2D eigenvalue weighted by molar-refractivity contribution is 5.94. The van der Waals surface area contributed by atoms with Crippen LogP contribution < -0.4 is 0 Å². The molecule has 4 aromatic rings. The molecule has 34 heavy (non-hydrogen) atoms. The number of piperazine rings is 1. The summed E-state index contributed by atoms with van der Waals surface area (Å²) >= 11 is 0. The van der Waals surface area contributed by atoms with Crippen molar-refractivity contribution in [2.75, 3.05) is 39.4 Å². The van der Waals surface area contributed by atoms with Gasteiger partial charge in [-0.25, -0.2) is 9.97 Å². The van der Waals surface area contributed by atoms with Crippen molar-refractivity contribution in [1.29, 1.82) is 0 Å². The van der Waals surface area contributed by atoms with Gasteiger partial charge in [0.2, 0.25) is 0 Å². The molecule has 0 radical (unpaired) electrons. The summed E-state index contributed by atoms with van der Waals surface area (Å²) in [6.07, 6.45) is 3.53. The number of aryl methyl sites for hydroxylation is 1. The van der Waals surface area contributed by atoms with E-state index < -0.39 is 0 Å². The fourth-order valence-corrected chi connectivity index (χ4v) is 4.72. The number of hydrogen-bond donors (Lipinski definition) is 0. The Hall–Kier alpha value is -3.62. The van der Waals surface area contributed by atoms with E-state index in [1.807, 2.05) is 64.9 Å². The molecular weight excluding hydrogens is 428 g/mol. The van der Waals surface area contributed by atoms with Crippen LogP contribution in [0.25, 0.3) is 28.1 Å². The number of fused-ring (bicyclic) bond motifs is 1. The Labute approximate surface area is 197 Å². The van der Waals surface area contributed by atoms with Crippen LogP contribution in [0, 0.1) is 6.92 Å². The second-order valence-electron chi connectivity index (χ2n) is 8.84. The number of amides is 1. The molecule has 2 fully saturated rings. The van der Waals surface area contributed by atoms with Crippen molar-refractivity contribution in [2.45, 2.75) is 13.0 Å². The Bertz CT molecular complexity index is 1320. The number of carbonyl (C=O) groups is 1. The van der Waals surface area contributed by atoms with Gasteiger partial charge in [-0.1, -0.05) is 0 Å². The molecule has 0 spiro atoms. The molecule has 6 rings (SSSR count). The first kappa shape index (κ1) is 20.9. The zero-order valence-corrected chi connectivity index (χ0v) is 19.1. The van der Waals surface area contributed by atoms with Gasteiger partial charge in [0.15, 0.2) is 5.65 Å². The minimum Gasteiger partial charge on any atom is -0.378 e. The molecule has 2 aliphatic heterocycles. The van der Waals surface area contributed by atoms with Crippen molar-refractivity contribution < 1.29 is 9.53 Å². The Morgan fingerprint density at radius 2 is 1.65 bits per heavy atom. The van der Waals surface area contributed by atoms with E-state index in [0.29, 0.717) is 11.6 Å². The lowest BCUT2D eigenvalue weighted by Gasteiger charge is -2.42. The highest BCUT2D eigenvalue weighted by Crippen LogP contribution is 2.24. The number of rotatable bonds is 4. The Balaban J connectivity index is 1.24. The molecule has 8 heteroatoms. The molecular formula is C26H26N6O2. The van der Waals surface area contributed by atoms with Gasteiger partial charge < -0.3 is 9.64 Å². The number of benzene rings is 1. The average molecular weight is 455 g/mol. The van der Waals surface area contributed by atoms with Crippen LogP contribution in [0.5, 0.6) is 0 Å². The SMILES string of the molecule is Cc1nc2ccc(-c3ccncc3)nc2n1-c1ccc(C(=O)N2CCN(C3COC3)CC2)cc1. The summed E-state index contributed by atoms with van der Waals surface area (Å²) in [5, 5.41) is 0. The van der Waals surface area contributed by atoms with Crippen molar-refractivity contribution in [3.05, 3.63) is 72.3 Å². The van der Waals surface area contributed by atoms with Gasteiger partial charge >= 0.3 is 0 Å². The van der Waals surface area contributed by atoms with Crippen LogP contribution in [0.4, 0.5) is 0 Å². The van der Waals surface area contributed by atoms with Crippen LogP contribution in [-0.4, -0.2) is 80.7 Å². The van der Waals surface area contributed by atoms with Gasteiger partial charge in [0.1, 0.15) is 11.3 Å². The van der Waals surface area contributed by atoms with Gasteiger partial charge in [0.05, 0.1) is 24.9 Å². The smallest absolute Gasteiger partial charge is 0.253 e. The topological polar surface area (TPSA) is 76.4 Å². The first-order valence-electron chi connectivity index (χ1n) is 11.7. The zero-order chi connectivity index (χ0) is 23.1. The third kappa shape index (κ3) is 3.74. The third-order valence-corrected chi connectivity index (χ3v) is 6.76. The molecule has 1 aromatic carbocycles. The molecule has 172 valence electrons. The first-order chi connectivity index (χ1) is 16.7. The lowest BCUT2D eigenvalue weighted by atomic mass is 10.1. The second kappa shape index (κ2) is 8.62. The van der Waals surface area contributed by atoms with Gasteiger partial charge in [-0.05, 0) is 55.5 Å². The highest BCUT2D eigenvalue weighted by atomic mass is 16.5. The molecule has 1 amide bonds. The van der Waals surface area contributed by atoms with E-state index in [9.17, 15) is 4.79 Å². The maximum absolute atomic E-state index is 13.1. The van der Waals surface area contributed by atoms with Crippen LogP contribution in [0.2, 0.25) is 0 Å². The van der Waals surface area contributed by atoms with E-state index in [4.69, 9.17) is 9.72 Å². The summed E-state index contributed by atoms with van der Waals surface area (Å²) in [6.45, 7) is 6.92. The predicted molar refractivity (Wildman–Crippen MR) is 129 cm³/mol. The largest absolute Gasteiger partial charge is 0.378 e. The van der Waals surface area contributed by atoms with Crippen molar-refractivity contribution in [1.82, 2.24) is 29.3 Å². The summed E-state index contributed by atoms with van der Waals surface area (Å²) < 4.78 is 7.34. The number of nitrogens with zero attached hydrogens (tertiary/aromatic N) is 6. The number of pyridine rings is 2. The second-order valence-corrected chi connectivity index (χ2v) is 8.84. The van der Waals surface area contributed by atoms with Crippen LogP contribution in [0.3, 0.4) is 0 Å². The number of aromatic nitrogens is 4. The Morgan fingerprint density at radius 3 is 2.32 bits per heavy atom. The van der Waals surface area contributed by atoms with Gasteiger partial charge in [0, 0.05) is 55.4 Å². The van der Waals surface area contributed by atoms with Crippen LogP contribution in [-0.2, 0) is 4.74 Å². The quantitative estimate of drug-likeness (QED) is 0.472. The minimum atomic E-state index is 0.0846. The fourth-order valence-electron chi connectivity index (χ4n) is 4.72. The van der Waals surface area contributed by atoms with Crippen molar-refractivity contribution in [3.63, 3.8) is 0 Å². The number of hydrogen-bond acceptors (Lipinski definition) is 6. The van der Waals surface area contributed by atoms with E-state index >= 15 is 0 Å². The summed E-state index contributed by atoms with van der Waals surface area (Å²) in [6, 6.07) is 16.2. The molecule has 0 aliphatic carbocycles. The van der Waals surface area contributed by atoms with Crippen LogP contribution >= 0.6 is 0 Å². The number of ether oxygens (including phenoxy) is 1. The van der Waals surface area contributed by atoms with Crippen molar-refractivity contribution >= 4 is 17.1 Å². The summed E-state index contributed by atoms with van der Waals surface area (Å²) in [5.41, 5.74) is 5.15. The molecule has 2 saturated heterocycles. The molecule has 0 atom stereocenters. The lowest BCUT2D eigenvalue weighted by Crippen LogP contribution is -2.57. The third-order valence-electron chi connectivity index (χ3n) is 6.76. The van der Waals surface area contributed by atoms with E-state index in [1.54, 1.807) is 12.4 Å². The number of carbonyl (C=O) groups excluding carboxylic acids is 1. The normalized spacial score (nSPS) is 17.1. The van der Waals surface area contributed by atoms with E-state index in [1.165, 1.54) is 0 Å². The first-order valence-corrected chi connectivity index (χ1v) is 11.7. The average Bonchev–Trinajstić information content (AvgIpc) is 3.18. The fraction of sp³-hybridized carbons (Fsp3) is 0.308. The van der Waals surface area contributed by atoms with Crippen molar-refractivity contribution in [3.8, 4) is 16.9 Å². The van der Waals surface area contributed by atoms with Gasteiger partial charge in [-0.15, -0.1) is 0 Å². The maximum atomic E-state index is 13.1. The molecule has 2 aliphatic rings. The number of imidazole rings is 1. The molecule has 0 saturated carbocycles. The molecule has 5 heterocycles. The molecule has 0 unspecified atom stereocenters. The van der Waals surface area contributed by atoms with Crippen LogP contribution in [0.1, 0.15) is 16.2 Å². The van der Waals surface area contributed by atoms with Gasteiger partial charge in [-0.3, -0.25) is 19.2 Å². The molecule has 8 nitrogen and oxygen atoms in total. The summed E-state index contributed by atoms with van der Waals surface area (Å²) in [4.78, 5) is 31.1. The van der Waals surface area contributed by atoms with E-state index in [0.717, 1.165) is 73.3 Å². The van der Waals surface area contributed by atoms with Gasteiger partial charge in [0.25, 0.3) is 5.91 Å². The minimum absolute atomic E-state index is 0.0846. The standard InChI is InChI=1S/C26H26N6O2/c1-18-28-24-7-6-23(19-8-10-27-11-9-19)29-25(24)32(18)21-4-2-20(3-5-21)26(33)31-14-12-30(13-15-31)22-16-34-17-22/h2-11,22H,12-17H2,1H3. The molecule has 3 aromatic heterocycles. The zero-order valence-electron chi connectivity index (χ0n) is 19.1. The predicted octanol–water partition coefficient (Wildman–Crippen LogP) is 2.95. The van der Waals surface area contributed by atoms with E-state index in [2.05, 4.69) is 14.9 Å². The maximum Gasteiger partial charge on any atom is 0.253 e. The lowest BCUT2D eigenvalue weighted by molar-refractivity contribution is -0.0746. The Morgan fingerprint density at radius 1 is 0.912 bits per heavy atom. The highest BCUT2D eigenvalue weighted by Gasteiger charge is 2.30. The van der Waals surface area contributed by atoms with Crippen LogP contribution in [0.15, 0.2) is 60.9 Å². The molecule has 0 bridgehead atoms. The summed E-state index contributed by atoms with van der Waals surface area (Å²) in [7, 11) is 0. The van der Waals surface area contributed by atoms with Crippen molar-refractivity contribution in [2.24, 2.45) is 0 Å².